The van der Waals surface area contributed by atoms with Gasteiger partial charge in [0.1, 0.15) is 17.2 Å². The third kappa shape index (κ3) is 3.29. The van der Waals surface area contributed by atoms with Crippen molar-refractivity contribution in [2.45, 2.75) is 26.4 Å². The van der Waals surface area contributed by atoms with E-state index in [4.69, 9.17) is 0 Å². The monoisotopic (exact) mass is 327 g/mol. The van der Waals surface area contributed by atoms with Crippen LogP contribution in [0.4, 0.5) is 0 Å². The van der Waals surface area contributed by atoms with Gasteiger partial charge < -0.3 is 5.32 Å². The molecule has 0 spiro atoms. The second-order valence-corrected chi connectivity index (χ2v) is 5.94. The van der Waals surface area contributed by atoms with Gasteiger partial charge in [-0.2, -0.15) is 5.10 Å². The second-order valence-electron chi connectivity index (χ2n) is 5.04. The number of hydrogen-bond donors (Lipinski definition) is 1. The lowest BCUT2D eigenvalue weighted by Crippen LogP contribution is -2.28. The predicted molar refractivity (Wildman–Crippen MR) is 89.1 cm³/mol. The van der Waals surface area contributed by atoms with Gasteiger partial charge in [0.2, 0.25) is 0 Å². The van der Waals surface area contributed by atoms with Crippen LogP contribution in [-0.2, 0) is 6.54 Å². The molecule has 1 unspecified atom stereocenters. The molecule has 0 radical (unpaired) electrons. The average molecular weight is 327 g/mol. The summed E-state index contributed by atoms with van der Waals surface area (Å²) in [6, 6.07) is 7.23. The largest absolute Gasteiger partial charge is 0.342 e. The fourth-order valence-electron chi connectivity index (χ4n) is 2.33. The molecule has 2 heterocycles. The lowest BCUT2D eigenvalue weighted by Gasteiger charge is -2.14. The van der Waals surface area contributed by atoms with E-state index in [0.29, 0.717) is 5.56 Å². The summed E-state index contributed by atoms with van der Waals surface area (Å²) in [6.07, 6.45) is 3.27. The molecule has 0 saturated heterocycles. The number of amides is 1. The summed E-state index contributed by atoms with van der Waals surface area (Å²) in [5.74, 6) is 0.620. The molecule has 1 atom stereocenters. The van der Waals surface area contributed by atoms with Gasteiger partial charge in [-0.3, -0.25) is 4.79 Å². The lowest BCUT2D eigenvalue weighted by molar-refractivity contribution is 0.0937. The number of hydrogen-bond acceptors (Lipinski definition) is 5. The Morgan fingerprint density at radius 1 is 1.30 bits per heavy atom. The van der Waals surface area contributed by atoms with Gasteiger partial charge in [0.25, 0.3) is 5.91 Å². The highest BCUT2D eigenvalue weighted by molar-refractivity contribution is 7.13. The fraction of sp³-hybridized carbons (Fsp3) is 0.250. The number of rotatable bonds is 5. The summed E-state index contributed by atoms with van der Waals surface area (Å²) in [7, 11) is 0. The quantitative estimate of drug-likeness (QED) is 0.782. The maximum absolute atomic E-state index is 12.4. The molecule has 1 N–H and O–H groups in total. The third-order valence-corrected chi connectivity index (χ3v) is 4.33. The lowest BCUT2D eigenvalue weighted by atomic mass is 10.1. The first kappa shape index (κ1) is 15.4. The van der Waals surface area contributed by atoms with Crippen molar-refractivity contribution in [1.82, 2.24) is 25.1 Å². The molecule has 6 nitrogen and oxygen atoms in total. The van der Waals surface area contributed by atoms with Crippen LogP contribution in [0.15, 0.2) is 42.2 Å². The number of aryl methyl sites for hydroxylation is 1. The Kier molecular flexibility index (Phi) is 4.47. The van der Waals surface area contributed by atoms with Crippen molar-refractivity contribution >= 4 is 17.2 Å². The van der Waals surface area contributed by atoms with Crippen LogP contribution in [0.1, 0.15) is 36.1 Å². The molecule has 0 aliphatic rings. The zero-order chi connectivity index (χ0) is 16.2. The molecule has 3 aromatic rings. The summed E-state index contributed by atoms with van der Waals surface area (Å²) in [5.41, 5.74) is 1.62. The molecule has 2 aromatic heterocycles. The summed E-state index contributed by atoms with van der Waals surface area (Å²) in [6.45, 7) is 4.61. The number of carbonyl (C=O) groups excluding carboxylic acids is 1. The smallest absolute Gasteiger partial charge is 0.251 e. The van der Waals surface area contributed by atoms with E-state index in [9.17, 15) is 4.79 Å². The van der Waals surface area contributed by atoms with Crippen LogP contribution in [0.25, 0.3) is 10.6 Å². The van der Waals surface area contributed by atoms with Gasteiger partial charge in [0.05, 0.1) is 6.04 Å². The number of nitrogens with one attached hydrogen (secondary N) is 1. The molecule has 0 aliphatic heterocycles. The summed E-state index contributed by atoms with van der Waals surface area (Å²) in [5, 5.41) is 9.95. The maximum Gasteiger partial charge on any atom is 0.251 e. The Morgan fingerprint density at radius 2 is 2.09 bits per heavy atom. The molecular weight excluding hydrogens is 310 g/mol. The molecule has 23 heavy (non-hydrogen) atoms. The SMILES string of the molecule is CCn1ncnc1C(C)NC(=O)c1ccc(-c2nccs2)cc1. The normalized spacial score (nSPS) is 12.1. The molecule has 7 heteroatoms. The molecule has 3 rings (SSSR count). The average Bonchev–Trinajstić information content (AvgIpc) is 3.26. The van der Waals surface area contributed by atoms with Crippen LogP contribution in [0.5, 0.6) is 0 Å². The first-order valence-electron chi connectivity index (χ1n) is 7.37. The van der Waals surface area contributed by atoms with E-state index >= 15 is 0 Å². The van der Waals surface area contributed by atoms with E-state index in [1.165, 1.54) is 6.33 Å². The van der Waals surface area contributed by atoms with E-state index in [-0.39, 0.29) is 11.9 Å². The van der Waals surface area contributed by atoms with E-state index in [1.54, 1.807) is 22.2 Å². The van der Waals surface area contributed by atoms with Gasteiger partial charge in [0, 0.05) is 29.2 Å². The number of aromatic nitrogens is 4. The van der Waals surface area contributed by atoms with Crippen LogP contribution in [-0.4, -0.2) is 25.7 Å². The van der Waals surface area contributed by atoms with E-state index in [2.05, 4.69) is 20.4 Å². The second kappa shape index (κ2) is 6.70. The Labute approximate surface area is 138 Å². The number of benzene rings is 1. The zero-order valence-electron chi connectivity index (χ0n) is 12.9. The van der Waals surface area contributed by atoms with Crippen molar-refractivity contribution in [2.75, 3.05) is 0 Å². The molecule has 1 aromatic carbocycles. The third-order valence-electron chi connectivity index (χ3n) is 3.51. The Bertz CT molecular complexity index is 779. The first-order chi connectivity index (χ1) is 11.2. The standard InChI is InChI=1S/C16H17N5OS/c1-3-21-14(18-10-19-21)11(2)20-15(22)12-4-6-13(7-5-12)16-17-8-9-23-16/h4-11H,3H2,1-2H3,(H,20,22). The highest BCUT2D eigenvalue weighted by Crippen LogP contribution is 2.22. The molecule has 0 fully saturated rings. The van der Waals surface area contributed by atoms with Crippen molar-refractivity contribution in [3.05, 3.63) is 53.6 Å². The van der Waals surface area contributed by atoms with Crippen LogP contribution < -0.4 is 5.32 Å². The maximum atomic E-state index is 12.4. The minimum absolute atomic E-state index is 0.131. The highest BCUT2D eigenvalue weighted by atomic mass is 32.1. The number of nitrogens with zero attached hydrogens (tertiary/aromatic N) is 4. The number of carbonyl (C=O) groups is 1. The van der Waals surface area contributed by atoms with Gasteiger partial charge in [-0.1, -0.05) is 12.1 Å². The van der Waals surface area contributed by atoms with Crippen molar-refractivity contribution in [1.29, 1.82) is 0 Å². The first-order valence-corrected chi connectivity index (χ1v) is 8.25. The molecule has 0 bridgehead atoms. The fourth-order valence-corrected chi connectivity index (χ4v) is 2.97. The summed E-state index contributed by atoms with van der Waals surface area (Å²) >= 11 is 1.57. The number of thiazole rings is 1. The Hall–Kier alpha value is -2.54. The summed E-state index contributed by atoms with van der Waals surface area (Å²) < 4.78 is 1.77. The predicted octanol–water partition coefficient (Wildman–Crippen LogP) is 2.91. The highest BCUT2D eigenvalue weighted by Gasteiger charge is 2.16. The van der Waals surface area contributed by atoms with Crippen LogP contribution in [0.2, 0.25) is 0 Å². The Morgan fingerprint density at radius 3 is 2.74 bits per heavy atom. The van der Waals surface area contributed by atoms with Gasteiger partial charge in [-0.15, -0.1) is 11.3 Å². The minimum Gasteiger partial charge on any atom is -0.342 e. The van der Waals surface area contributed by atoms with Gasteiger partial charge in [0.15, 0.2) is 0 Å². The molecule has 1 amide bonds. The van der Waals surface area contributed by atoms with Crippen LogP contribution in [0.3, 0.4) is 0 Å². The van der Waals surface area contributed by atoms with E-state index in [1.807, 2.05) is 43.5 Å². The summed E-state index contributed by atoms with van der Waals surface area (Å²) in [4.78, 5) is 20.8. The van der Waals surface area contributed by atoms with Crippen molar-refractivity contribution in [3.8, 4) is 10.6 Å². The Balaban J connectivity index is 1.71. The topological polar surface area (TPSA) is 72.7 Å². The zero-order valence-corrected chi connectivity index (χ0v) is 13.7. The van der Waals surface area contributed by atoms with E-state index in [0.717, 1.165) is 22.9 Å². The van der Waals surface area contributed by atoms with Crippen molar-refractivity contribution in [3.63, 3.8) is 0 Å². The molecule has 118 valence electrons. The van der Waals surface area contributed by atoms with Crippen molar-refractivity contribution < 1.29 is 4.79 Å². The van der Waals surface area contributed by atoms with Gasteiger partial charge in [-0.05, 0) is 26.0 Å². The molecular formula is C16H17N5OS. The minimum atomic E-state index is -0.205. The van der Waals surface area contributed by atoms with E-state index < -0.39 is 0 Å². The molecule has 0 saturated carbocycles. The molecule has 0 aliphatic carbocycles. The van der Waals surface area contributed by atoms with Crippen molar-refractivity contribution in [2.24, 2.45) is 0 Å². The van der Waals surface area contributed by atoms with Gasteiger partial charge >= 0.3 is 0 Å². The van der Waals surface area contributed by atoms with Crippen LogP contribution >= 0.6 is 11.3 Å². The van der Waals surface area contributed by atoms with Crippen LogP contribution in [0, 0.1) is 0 Å². The van der Waals surface area contributed by atoms with Gasteiger partial charge in [-0.25, -0.2) is 14.6 Å².